The van der Waals surface area contributed by atoms with Crippen LogP contribution in [0.3, 0.4) is 0 Å². The Balaban J connectivity index is 1.93. The number of nitrogens with one attached hydrogen (secondary N) is 1. The molecule has 0 radical (unpaired) electrons. The van der Waals surface area contributed by atoms with E-state index < -0.39 is 10.0 Å². The zero-order chi connectivity index (χ0) is 14.6. The minimum atomic E-state index is -3.42. The first-order valence-electron chi connectivity index (χ1n) is 6.79. The molecule has 1 heterocycles. The topological polar surface area (TPSA) is 67.8 Å². The third kappa shape index (κ3) is 3.58. The first-order chi connectivity index (χ1) is 9.50. The molecule has 2 rings (SSSR count). The molecular weight excluding hydrogens is 276 g/mol. The molecule has 0 spiro atoms. The van der Waals surface area contributed by atoms with Crippen LogP contribution in [-0.2, 0) is 14.8 Å². The second-order valence-corrected chi connectivity index (χ2v) is 6.61. The Morgan fingerprint density at radius 3 is 2.75 bits per heavy atom. The number of unbranched alkanes of at least 4 members (excludes halogenated alkanes) is 1. The molecular formula is C14H20N2O3S. The summed E-state index contributed by atoms with van der Waals surface area (Å²) in [6.45, 7) is 5.31. The monoisotopic (exact) mass is 296 g/mol. The van der Waals surface area contributed by atoms with Gasteiger partial charge in [0.2, 0.25) is 0 Å². The van der Waals surface area contributed by atoms with Crippen molar-refractivity contribution in [3.05, 3.63) is 29.8 Å². The predicted octanol–water partition coefficient (Wildman–Crippen LogP) is 1.93. The fraction of sp³-hybridized carbons (Fsp3) is 0.500. The second-order valence-electron chi connectivity index (χ2n) is 4.96. The van der Waals surface area contributed by atoms with E-state index in [1.807, 2.05) is 19.9 Å². The molecule has 110 valence electrons. The lowest BCUT2D eigenvalue weighted by Gasteiger charge is -2.06. The number of benzene rings is 1. The molecule has 0 unspecified atom stereocenters. The fourth-order valence-electron chi connectivity index (χ4n) is 1.98. The van der Waals surface area contributed by atoms with Crippen molar-refractivity contribution in [1.82, 2.24) is 4.72 Å². The van der Waals surface area contributed by atoms with E-state index in [1.54, 1.807) is 18.2 Å². The number of hydrogen-bond donors (Lipinski definition) is 1. The molecule has 0 saturated carbocycles. The van der Waals surface area contributed by atoms with Gasteiger partial charge in [-0.3, -0.25) is 9.71 Å². The van der Waals surface area contributed by atoms with Crippen molar-refractivity contribution in [2.45, 2.75) is 37.7 Å². The van der Waals surface area contributed by atoms with E-state index >= 15 is 0 Å². The van der Waals surface area contributed by atoms with Crippen LogP contribution in [0.15, 0.2) is 34.2 Å². The van der Waals surface area contributed by atoms with Gasteiger partial charge in [0, 0.05) is 18.7 Å². The SMILES string of the molecule is CC(C)OCCCCN=C1NS(=O)(=O)c2ccccc21. The van der Waals surface area contributed by atoms with Crippen LogP contribution in [0, 0.1) is 0 Å². The molecule has 1 aromatic rings. The summed E-state index contributed by atoms with van der Waals surface area (Å²) in [5.74, 6) is 0.449. The van der Waals surface area contributed by atoms with Gasteiger partial charge in [-0.25, -0.2) is 8.42 Å². The molecule has 0 saturated heterocycles. The summed E-state index contributed by atoms with van der Waals surface area (Å²) in [6, 6.07) is 6.89. The zero-order valence-corrected chi connectivity index (χ0v) is 12.6. The standard InChI is InChI=1S/C14H20N2O3S/c1-11(2)19-10-6-5-9-15-14-12-7-3-4-8-13(12)20(17,18)16-14/h3-4,7-8,11H,5-6,9-10H2,1-2H3,(H,15,16). The number of hydrogen-bond acceptors (Lipinski definition) is 4. The smallest absolute Gasteiger partial charge is 0.263 e. The molecule has 0 atom stereocenters. The van der Waals surface area contributed by atoms with Crippen LogP contribution in [0.5, 0.6) is 0 Å². The zero-order valence-electron chi connectivity index (χ0n) is 11.8. The van der Waals surface area contributed by atoms with Crippen molar-refractivity contribution in [3.63, 3.8) is 0 Å². The lowest BCUT2D eigenvalue weighted by Crippen LogP contribution is -2.22. The maximum atomic E-state index is 11.9. The fourth-order valence-corrected chi connectivity index (χ4v) is 3.23. The van der Waals surface area contributed by atoms with Gasteiger partial charge < -0.3 is 4.74 Å². The highest BCUT2D eigenvalue weighted by Crippen LogP contribution is 2.22. The Morgan fingerprint density at radius 1 is 1.25 bits per heavy atom. The predicted molar refractivity (Wildman–Crippen MR) is 78.5 cm³/mol. The van der Waals surface area contributed by atoms with Gasteiger partial charge >= 0.3 is 0 Å². The summed E-state index contributed by atoms with van der Waals surface area (Å²) in [5.41, 5.74) is 0.658. The van der Waals surface area contributed by atoms with Crippen LogP contribution in [0.1, 0.15) is 32.3 Å². The van der Waals surface area contributed by atoms with E-state index in [4.69, 9.17) is 4.74 Å². The van der Waals surface area contributed by atoms with E-state index in [0.29, 0.717) is 29.4 Å². The molecule has 1 N–H and O–H groups in total. The van der Waals surface area contributed by atoms with E-state index in [2.05, 4.69) is 9.71 Å². The van der Waals surface area contributed by atoms with Gasteiger partial charge in [-0.1, -0.05) is 12.1 Å². The molecule has 20 heavy (non-hydrogen) atoms. The van der Waals surface area contributed by atoms with Crippen molar-refractivity contribution < 1.29 is 13.2 Å². The molecule has 0 amide bonds. The lowest BCUT2D eigenvalue weighted by atomic mass is 10.2. The number of aliphatic imine (C=N–C) groups is 1. The van der Waals surface area contributed by atoms with Crippen molar-refractivity contribution in [2.75, 3.05) is 13.2 Å². The van der Waals surface area contributed by atoms with Crippen molar-refractivity contribution in [3.8, 4) is 0 Å². The van der Waals surface area contributed by atoms with E-state index in [0.717, 1.165) is 12.8 Å². The number of rotatable bonds is 6. The van der Waals surface area contributed by atoms with Gasteiger partial charge in [-0.05, 0) is 38.8 Å². The molecule has 1 aromatic carbocycles. The minimum Gasteiger partial charge on any atom is -0.379 e. The van der Waals surface area contributed by atoms with Crippen LogP contribution in [0.25, 0.3) is 0 Å². The minimum absolute atomic E-state index is 0.245. The Morgan fingerprint density at radius 2 is 2.00 bits per heavy atom. The average molecular weight is 296 g/mol. The number of nitrogens with zero attached hydrogens (tertiary/aromatic N) is 1. The number of sulfonamides is 1. The Hall–Kier alpha value is -1.40. The van der Waals surface area contributed by atoms with E-state index in [9.17, 15) is 8.42 Å². The van der Waals surface area contributed by atoms with Crippen molar-refractivity contribution >= 4 is 15.9 Å². The number of ether oxygens (including phenoxy) is 1. The van der Waals surface area contributed by atoms with Crippen LogP contribution in [-0.4, -0.2) is 33.5 Å². The van der Waals surface area contributed by atoms with Crippen LogP contribution >= 0.6 is 0 Å². The van der Waals surface area contributed by atoms with Gasteiger partial charge in [0.05, 0.1) is 11.0 Å². The number of amidine groups is 1. The average Bonchev–Trinajstić information content (AvgIpc) is 2.66. The molecule has 0 aliphatic carbocycles. The van der Waals surface area contributed by atoms with Crippen LogP contribution in [0.2, 0.25) is 0 Å². The summed E-state index contributed by atoms with van der Waals surface area (Å²) in [4.78, 5) is 4.65. The van der Waals surface area contributed by atoms with Gasteiger partial charge in [-0.2, -0.15) is 0 Å². The number of fused-ring (bicyclic) bond motifs is 1. The molecule has 1 aliphatic heterocycles. The molecule has 6 heteroatoms. The third-order valence-electron chi connectivity index (χ3n) is 2.94. The maximum Gasteiger partial charge on any atom is 0.263 e. The summed E-state index contributed by atoms with van der Waals surface area (Å²) < 4.78 is 31.7. The summed E-state index contributed by atoms with van der Waals surface area (Å²) in [5, 5.41) is 0. The summed E-state index contributed by atoms with van der Waals surface area (Å²) >= 11 is 0. The third-order valence-corrected chi connectivity index (χ3v) is 4.33. The summed E-state index contributed by atoms with van der Waals surface area (Å²) in [7, 11) is -3.42. The van der Waals surface area contributed by atoms with Crippen molar-refractivity contribution in [1.29, 1.82) is 0 Å². The normalized spacial score (nSPS) is 18.2. The highest BCUT2D eigenvalue weighted by Gasteiger charge is 2.29. The van der Waals surface area contributed by atoms with Gasteiger partial charge in [0.25, 0.3) is 10.0 Å². The first-order valence-corrected chi connectivity index (χ1v) is 8.27. The Labute approximate surface area is 120 Å². The van der Waals surface area contributed by atoms with E-state index in [-0.39, 0.29) is 6.10 Å². The molecule has 0 fully saturated rings. The summed E-state index contributed by atoms with van der Waals surface area (Å²) in [6.07, 6.45) is 2.04. The quantitative estimate of drug-likeness (QED) is 0.816. The first kappa shape index (κ1) is 15.0. The maximum absolute atomic E-state index is 11.9. The lowest BCUT2D eigenvalue weighted by molar-refractivity contribution is 0.0764. The van der Waals surface area contributed by atoms with Crippen LogP contribution < -0.4 is 4.72 Å². The van der Waals surface area contributed by atoms with Gasteiger partial charge in [0.1, 0.15) is 5.84 Å². The highest BCUT2D eigenvalue weighted by atomic mass is 32.2. The Bertz CT molecular complexity index is 594. The Kier molecular flexibility index (Phi) is 4.77. The molecule has 5 nitrogen and oxygen atoms in total. The van der Waals surface area contributed by atoms with Gasteiger partial charge in [-0.15, -0.1) is 0 Å². The largest absolute Gasteiger partial charge is 0.379 e. The van der Waals surface area contributed by atoms with E-state index in [1.165, 1.54) is 0 Å². The molecule has 1 aliphatic rings. The van der Waals surface area contributed by atoms with Crippen molar-refractivity contribution in [2.24, 2.45) is 4.99 Å². The molecule has 0 aromatic heterocycles. The highest BCUT2D eigenvalue weighted by molar-refractivity contribution is 7.90. The van der Waals surface area contributed by atoms with Crippen LogP contribution in [0.4, 0.5) is 0 Å². The molecule has 0 bridgehead atoms. The second kappa shape index (κ2) is 6.37. The van der Waals surface area contributed by atoms with Gasteiger partial charge in [0.15, 0.2) is 0 Å².